The van der Waals surface area contributed by atoms with Crippen LogP contribution < -0.4 is 19.7 Å². The molecule has 0 unspecified atom stereocenters. The Morgan fingerprint density at radius 2 is 1.88 bits per heavy atom. The predicted molar refractivity (Wildman–Crippen MR) is 93.3 cm³/mol. The van der Waals surface area contributed by atoms with Crippen LogP contribution >= 0.6 is 0 Å². The van der Waals surface area contributed by atoms with Gasteiger partial charge in [-0.3, -0.25) is 0 Å². The van der Waals surface area contributed by atoms with Crippen LogP contribution in [0.5, 0.6) is 11.5 Å². The zero-order valence-corrected chi connectivity index (χ0v) is 14.3. The van der Waals surface area contributed by atoms with Gasteiger partial charge in [0.05, 0.1) is 20.4 Å². The summed E-state index contributed by atoms with van der Waals surface area (Å²) >= 11 is 0. The van der Waals surface area contributed by atoms with Gasteiger partial charge in [0.1, 0.15) is 0 Å². The summed E-state index contributed by atoms with van der Waals surface area (Å²) in [5.74, 6) is 3.45. The first-order valence-electron chi connectivity index (χ1n) is 8.13. The Hall–Kier alpha value is -2.57. The van der Waals surface area contributed by atoms with Crippen LogP contribution in [0.15, 0.2) is 24.4 Å². The van der Waals surface area contributed by atoms with E-state index in [-0.39, 0.29) is 0 Å². The van der Waals surface area contributed by atoms with Crippen molar-refractivity contribution < 1.29 is 9.47 Å². The Morgan fingerprint density at radius 3 is 2.58 bits per heavy atom. The van der Waals surface area contributed by atoms with E-state index in [4.69, 9.17) is 9.47 Å². The fraction of sp³-hybridized carbons (Fsp3) is 0.471. The fourth-order valence-electron chi connectivity index (χ4n) is 2.76. The minimum atomic E-state index is 0.658. The molecule has 3 rings (SSSR count). The third-order valence-electron chi connectivity index (χ3n) is 4.27. The van der Waals surface area contributed by atoms with Crippen molar-refractivity contribution in [2.75, 3.05) is 37.5 Å². The smallest absolute Gasteiger partial charge is 0.247 e. The Morgan fingerprint density at radius 1 is 1.12 bits per heavy atom. The van der Waals surface area contributed by atoms with Crippen molar-refractivity contribution in [3.05, 3.63) is 24.4 Å². The first kappa shape index (κ1) is 16.3. The van der Waals surface area contributed by atoms with Gasteiger partial charge in [0.15, 0.2) is 17.3 Å². The summed E-state index contributed by atoms with van der Waals surface area (Å²) in [5, 5.41) is 11.5. The Bertz CT molecular complexity index is 686. The van der Waals surface area contributed by atoms with E-state index < -0.39 is 0 Å². The number of methoxy groups -OCH3 is 2. The van der Waals surface area contributed by atoms with E-state index in [1.807, 2.05) is 18.2 Å². The van der Waals surface area contributed by atoms with Crippen LogP contribution in [0.25, 0.3) is 0 Å². The van der Waals surface area contributed by atoms with Crippen molar-refractivity contribution in [1.82, 2.24) is 15.2 Å². The Balaban J connectivity index is 1.75. The molecule has 2 heterocycles. The van der Waals surface area contributed by atoms with Gasteiger partial charge < -0.3 is 19.7 Å². The average molecular weight is 329 g/mol. The first-order valence-corrected chi connectivity index (χ1v) is 8.13. The molecule has 128 valence electrons. The number of rotatable bonds is 5. The summed E-state index contributed by atoms with van der Waals surface area (Å²) in [7, 11) is 3.23. The van der Waals surface area contributed by atoms with Gasteiger partial charge in [-0.25, -0.2) is 0 Å². The number of hydrogen-bond donors (Lipinski definition) is 1. The molecule has 0 spiro atoms. The van der Waals surface area contributed by atoms with E-state index in [0.717, 1.165) is 37.5 Å². The Kier molecular flexibility index (Phi) is 4.98. The van der Waals surface area contributed by atoms with Crippen LogP contribution in [0.4, 0.5) is 17.5 Å². The number of nitrogens with one attached hydrogen (secondary N) is 1. The number of nitrogens with zero attached hydrogens (tertiary/aromatic N) is 4. The molecule has 0 bridgehead atoms. The molecule has 7 nitrogen and oxygen atoms in total. The van der Waals surface area contributed by atoms with Crippen molar-refractivity contribution in [2.45, 2.75) is 19.8 Å². The quantitative estimate of drug-likeness (QED) is 0.904. The molecule has 2 aromatic rings. The summed E-state index contributed by atoms with van der Waals surface area (Å²) < 4.78 is 10.6. The molecule has 1 aliphatic heterocycles. The summed E-state index contributed by atoms with van der Waals surface area (Å²) in [5.41, 5.74) is 0.853. The summed E-state index contributed by atoms with van der Waals surface area (Å²) in [6, 6.07) is 5.62. The van der Waals surface area contributed by atoms with Crippen molar-refractivity contribution in [2.24, 2.45) is 5.92 Å². The molecule has 0 aliphatic carbocycles. The third-order valence-corrected chi connectivity index (χ3v) is 4.27. The highest BCUT2D eigenvalue weighted by Crippen LogP contribution is 2.31. The van der Waals surface area contributed by atoms with E-state index in [9.17, 15) is 0 Å². The van der Waals surface area contributed by atoms with Crippen molar-refractivity contribution in [3.8, 4) is 11.5 Å². The zero-order valence-electron chi connectivity index (χ0n) is 14.3. The highest BCUT2D eigenvalue weighted by Gasteiger charge is 2.18. The number of benzene rings is 1. The molecule has 0 saturated carbocycles. The van der Waals surface area contributed by atoms with Crippen molar-refractivity contribution in [1.29, 1.82) is 0 Å². The lowest BCUT2D eigenvalue weighted by Crippen LogP contribution is -2.34. The molecule has 24 heavy (non-hydrogen) atoms. The maximum Gasteiger partial charge on any atom is 0.247 e. The van der Waals surface area contributed by atoms with Crippen molar-refractivity contribution >= 4 is 17.5 Å². The number of anilines is 3. The van der Waals surface area contributed by atoms with Crippen molar-refractivity contribution in [3.63, 3.8) is 0 Å². The van der Waals surface area contributed by atoms with Gasteiger partial charge >= 0.3 is 0 Å². The van der Waals surface area contributed by atoms with Crippen LogP contribution in [0, 0.1) is 5.92 Å². The summed E-state index contributed by atoms with van der Waals surface area (Å²) in [4.78, 5) is 6.77. The van der Waals surface area contributed by atoms with E-state index >= 15 is 0 Å². The SMILES string of the molecule is COc1ccc(Nc2cnnc(N3CCC(C)CC3)n2)cc1OC. The first-order chi connectivity index (χ1) is 11.7. The molecule has 0 amide bonds. The van der Waals surface area contributed by atoms with Crippen LogP contribution in [-0.2, 0) is 0 Å². The molecule has 1 fully saturated rings. The normalized spacial score (nSPS) is 15.2. The molecule has 1 aromatic heterocycles. The summed E-state index contributed by atoms with van der Waals surface area (Å²) in [6.45, 7) is 4.23. The van der Waals surface area contributed by atoms with Crippen LogP contribution in [0.3, 0.4) is 0 Å². The Labute approximate surface area is 142 Å². The molecule has 0 radical (unpaired) electrons. The molecular formula is C17H23N5O2. The standard InChI is InChI=1S/C17H23N5O2/c1-12-6-8-22(9-7-12)17-20-16(11-18-21-17)19-13-4-5-14(23-2)15(10-13)24-3/h4-5,10-12H,6-9H2,1-3H3,(H,19,20,21). The van der Waals surface area contributed by atoms with Gasteiger partial charge in [-0.05, 0) is 30.9 Å². The summed E-state index contributed by atoms with van der Waals surface area (Å²) in [6.07, 6.45) is 3.94. The third kappa shape index (κ3) is 3.67. The molecular weight excluding hydrogens is 306 g/mol. The maximum absolute atomic E-state index is 5.32. The molecule has 1 N–H and O–H groups in total. The highest BCUT2D eigenvalue weighted by molar-refractivity contribution is 5.61. The van der Waals surface area contributed by atoms with Gasteiger partial charge in [0.25, 0.3) is 0 Å². The van der Waals surface area contributed by atoms with Crippen LogP contribution in [0.2, 0.25) is 0 Å². The van der Waals surface area contributed by atoms with E-state index in [1.165, 1.54) is 0 Å². The second-order valence-corrected chi connectivity index (χ2v) is 6.01. The monoisotopic (exact) mass is 329 g/mol. The largest absolute Gasteiger partial charge is 0.493 e. The predicted octanol–water partition coefficient (Wildman–Crippen LogP) is 2.87. The lowest BCUT2D eigenvalue weighted by molar-refractivity contribution is 0.355. The fourth-order valence-corrected chi connectivity index (χ4v) is 2.76. The van der Waals surface area contributed by atoms with Crippen LogP contribution in [0.1, 0.15) is 19.8 Å². The second kappa shape index (κ2) is 7.33. The van der Waals surface area contributed by atoms with Gasteiger partial charge in [-0.2, -0.15) is 10.1 Å². The number of piperidine rings is 1. The topological polar surface area (TPSA) is 72.4 Å². The van der Waals surface area contributed by atoms with E-state index in [0.29, 0.717) is 23.3 Å². The number of aromatic nitrogens is 3. The van der Waals surface area contributed by atoms with Gasteiger partial charge in [-0.1, -0.05) is 6.92 Å². The van der Waals surface area contributed by atoms with Gasteiger partial charge in [0.2, 0.25) is 5.95 Å². The van der Waals surface area contributed by atoms with Gasteiger partial charge in [0, 0.05) is 24.8 Å². The van der Waals surface area contributed by atoms with E-state index in [2.05, 4.69) is 32.3 Å². The zero-order chi connectivity index (χ0) is 16.9. The average Bonchev–Trinajstić information content (AvgIpc) is 2.62. The molecule has 7 heteroatoms. The highest BCUT2D eigenvalue weighted by atomic mass is 16.5. The number of ether oxygens (including phenoxy) is 2. The lowest BCUT2D eigenvalue weighted by Gasteiger charge is -2.29. The van der Waals surface area contributed by atoms with Crippen LogP contribution in [-0.4, -0.2) is 42.5 Å². The number of hydrogen-bond acceptors (Lipinski definition) is 7. The molecule has 1 aliphatic rings. The molecule has 1 aromatic carbocycles. The minimum Gasteiger partial charge on any atom is -0.493 e. The molecule has 0 atom stereocenters. The lowest BCUT2D eigenvalue weighted by atomic mass is 10.00. The molecule has 1 saturated heterocycles. The maximum atomic E-state index is 5.32. The van der Waals surface area contributed by atoms with E-state index in [1.54, 1.807) is 20.4 Å². The van der Waals surface area contributed by atoms with Gasteiger partial charge in [-0.15, -0.1) is 5.10 Å². The second-order valence-electron chi connectivity index (χ2n) is 6.01. The minimum absolute atomic E-state index is 0.658.